The minimum absolute atomic E-state index is 0.186. The number of rotatable bonds is 1. The van der Waals surface area contributed by atoms with E-state index in [9.17, 15) is 9.18 Å². The summed E-state index contributed by atoms with van der Waals surface area (Å²) in [6.45, 7) is 1.40. The molecule has 0 unspecified atom stereocenters. The number of halogens is 1. The molecule has 0 aliphatic carbocycles. The molecular weight excluding hydrogens is 185 g/mol. The summed E-state index contributed by atoms with van der Waals surface area (Å²) in [5.41, 5.74) is 0.903. The predicted molar refractivity (Wildman–Crippen MR) is 49.5 cm³/mol. The van der Waals surface area contributed by atoms with Crippen molar-refractivity contribution in [1.82, 2.24) is 9.61 Å². The van der Waals surface area contributed by atoms with Gasteiger partial charge in [-0.1, -0.05) is 0 Å². The van der Waals surface area contributed by atoms with Gasteiger partial charge in [-0.15, -0.1) is 0 Å². The SMILES string of the molecule is CC(=O)Nc1ccn2ncc(F)c2c1. The highest BCUT2D eigenvalue weighted by Crippen LogP contribution is 2.14. The molecule has 2 rings (SSSR count). The van der Waals surface area contributed by atoms with Crippen molar-refractivity contribution < 1.29 is 9.18 Å². The number of fused-ring (bicyclic) bond motifs is 1. The monoisotopic (exact) mass is 193 g/mol. The Hall–Kier alpha value is -1.91. The van der Waals surface area contributed by atoms with Crippen LogP contribution >= 0.6 is 0 Å². The van der Waals surface area contributed by atoms with Crippen molar-refractivity contribution in [3.05, 3.63) is 30.3 Å². The van der Waals surface area contributed by atoms with E-state index in [0.29, 0.717) is 11.2 Å². The number of hydrogen-bond donors (Lipinski definition) is 1. The van der Waals surface area contributed by atoms with Gasteiger partial charge in [0.15, 0.2) is 5.82 Å². The molecule has 1 N–H and O–H groups in total. The highest BCUT2D eigenvalue weighted by Gasteiger charge is 2.03. The molecule has 0 saturated carbocycles. The van der Waals surface area contributed by atoms with E-state index in [1.54, 1.807) is 12.3 Å². The van der Waals surface area contributed by atoms with Crippen LogP contribution in [0, 0.1) is 5.82 Å². The molecule has 4 nitrogen and oxygen atoms in total. The molecule has 0 bridgehead atoms. The van der Waals surface area contributed by atoms with Crippen LogP contribution in [-0.2, 0) is 4.79 Å². The van der Waals surface area contributed by atoms with E-state index in [-0.39, 0.29) is 5.91 Å². The standard InChI is InChI=1S/C9H8FN3O/c1-6(14)12-7-2-3-13-9(4-7)8(10)5-11-13/h2-5H,1H3,(H,12,14). The van der Waals surface area contributed by atoms with Gasteiger partial charge in [0.1, 0.15) is 5.52 Å². The minimum Gasteiger partial charge on any atom is -0.326 e. The summed E-state index contributed by atoms with van der Waals surface area (Å²) < 4.78 is 14.5. The Kier molecular flexibility index (Phi) is 1.92. The molecule has 0 atom stereocenters. The van der Waals surface area contributed by atoms with Crippen LogP contribution in [0.2, 0.25) is 0 Å². The third-order valence-corrected chi connectivity index (χ3v) is 1.79. The fraction of sp³-hybridized carbons (Fsp3) is 0.111. The highest BCUT2D eigenvalue weighted by atomic mass is 19.1. The van der Waals surface area contributed by atoms with Crippen molar-refractivity contribution in [2.24, 2.45) is 0 Å². The first-order chi connectivity index (χ1) is 6.66. The minimum atomic E-state index is -0.405. The van der Waals surface area contributed by atoms with Gasteiger partial charge in [-0.25, -0.2) is 8.91 Å². The summed E-state index contributed by atoms with van der Waals surface area (Å²) in [6.07, 6.45) is 2.72. The van der Waals surface area contributed by atoms with Crippen molar-refractivity contribution in [3.8, 4) is 0 Å². The molecular formula is C9H8FN3O. The van der Waals surface area contributed by atoms with E-state index in [1.807, 2.05) is 0 Å². The normalized spacial score (nSPS) is 10.4. The van der Waals surface area contributed by atoms with Crippen molar-refractivity contribution in [1.29, 1.82) is 0 Å². The van der Waals surface area contributed by atoms with Crippen LogP contribution < -0.4 is 5.32 Å². The van der Waals surface area contributed by atoms with E-state index >= 15 is 0 Å². The van der Waals surface area contributed by atoms with Crippen LogP contribution in [0.3, 0.4) is 0 Å². The van der Waals surface area contributed by atoms with Crippen molar-refractivity contribution in [3.63, 3.8) is 0 Å². The number of anilines is 1. The van der Waals surface area contributed by atoms with Gasteiger partial charge < -0.3 is 5.32 Å². The number of aromatic nitrogens is 2. The fourth-order valence-corrected chi connectivity index (χ4v) is 1.23. The summed E-state index contributed by atoms with van der Waals surface area (Å²) >= 11 is 0. The first-order valence-electron chi connectivity index (χ1n) is 4.07. The van der Waals surface area contributed by atoms with E-state index in [1.165, 1.54) is 17.5 Å². The van der Waals surface area contributed by atoms with Gasteiger partial charge >= 0.3 is 0 Å². The van der Waals surface area contributed by atoms with Gasteiger partial charge in [-0.3, -0.25) is 4.79 Å². The van der Waals surface area contributed by atoms with Gasteiger partial charge in [0.25, 0.3) is 0 Å². The van der Waals surface area contributed by atoms with Crippen LogP contribution in [0.5, 0.6) is 0 Å². The highest BCUT2D eigenvalue weighted by molar-refractivity contribution is 5.89. The number of amides is 1. The van der Waals surface area contributed by atoms with Crippen LogP contribution in [0.25, 0.3) is 5.52 Å². The number of carbonyl (C=O) groups excluding carboxylic acids is 1. The van der Waals surface area contributed by atoms with Gasteiger partial charge in [-0.2, -0.15) is 5.10 Å². The van der Waals surface area contributed by atoms with E-state index in [0.717, 1.165) is 6.20 Å². The van der Waals surface area contributed by atoms with E-state index in [2.05, 4.69) is 10.4 Å². The first kappa shape index (κ1) is 8.68. The van der Waals surface area contributed by atoms with Crippen LogP contribution in [0.4, 0.5) is 10.1 Å². The molecule has 2 aromatic heterocycles. The topological polar surface area (TPSA) is 46.4 Å². The molecule has 5 heteroatoms. The van der Waals surface area contributed by atoms with Crippen molar-refractivity contribution in [2.75, 3.05) is 5.32 Å². The lowest BCUT2D eigenvalue weighted by atomic mass is 10.3. The third-order valence-electron chi connectivity index (χ3n) is 1.79. The Morgan fingerprint density at radius 2 is 2.43 bits per heavy atom. The molecule has 2 heterocycles. The number of nitrogens with one attached hydrogen (secondary N) is 1. The molecule has 72 valence electrons. The summed E-state index contributed by atoms with van der Waals surface area (Å²) in [5, 5.41) is 6.33. The van der Waals surface area contributed by atoms with Gasteiger partial charge in [0, 0.05) is 18.8 Å². The smallest absolute Gasteiger partial charge is 0.221 e. The zero-order chi connectivity index (χ0) is 10.1. The Bertz CT molecular complexity index is 492. The molecule has 0 fully saturated rings. The van der Waals surface area contributed by atoms with Crippen LogP contribution in [-0.4, -0.2) is 15.5 Å². The predicted octanol–water partition coefficient (Wildman–Crippen LogP) is 1.43. The van der Waals surface area contributed by atoms with Gasteiger partial charge in [0.05, 0.1) is 6.20 Å². The first-order valence-corrected chi connectivity index (χ1v) is 4.07. The molecule has 0 aromatic carbocycles. The molecule has 1 amide bonds. The lowest BCUT2D eigenvalue weighted by Gasteiger charge is -2.01. The summed E-state index contributed by atoms with van der Waals surface area (Å²) in [4.78, 5) is 10.7. The second-order valence-corrected chi connectivity index (χ2v) is 2.92. The molecule has 0 saturated heterocycles. The lowest BCUT2D eigenvalue weighted by Crippen LogP contribution is -2.05. The summed E-state index contributed by atoms with van der Waals surface area (Å²) in [6, 6.07) is 3.19. The van der Waals surface area contributed by atoms with Gasteiger partial charge in [0.2, 0.25) is 5.91 Å². The Morgan fingerprint density at radius 1 is 1.64 bits per heavy atom. The number of carbonyl (C=O) groups is 1. The zero-order valence-electron chi connectivity index (χ0n) is 7.49. The van der Waals surface area contributed by atoms with Crippen molar-refractivity contribution >= 4 is 17.1 Å². The molecule has 0 radical (unpaired) electrons. The summed E-state index contributed by atoms with van der Waals surface area (Å²) in [7, 11) is 0. The molecule has 0 spiro atoms. The number of nitrogens with zero attached hydrogens (tertiary/aromatic N) is 2. The van der Waals surface area contributed by atoms with Crippen LogP contribution in [0.1, 0.15) is 6.92 Å². The fourth-order valence-electron chi connectivity index (χ4n) is 1.23. The quantitative estimate of drug-likeness (QED) is 0.744. The second kappa shape index (κ2) is 3.10. The van der Waals surface area contributed by atoms with E-state index in [4.69, 9.17) is 0 Å². The zero-order valence-corrected chi connectivity index (χ0v) is 7.49. The maximum Gasteiger partial charge on any atom is 0.221 e. The average Bonchev–Trinajstić information content (AvgIpc) is 2.47. The van der Waals surface area contributed by atoms with Crippen LogP contribution in [0.15, 0.2) is 24.5 Å². The third kappa shape index (κ3) is 1.44. The molecule has 14 heavy (non-hydrogen) atoms. The van der Waals surface area contributed by atoms with Gasteiger partial charge in [-0.05, 0) is 12.1 Å². The molecule has 2 aromatic rings. The largest absolute Gasteiger partial charge is 0.326 e. The number of hydrogen-bond acceptors (Lipinski definition) is 2. The maximum atomic E-state index is 13.1. The molecule has 0 aliphatic heterocycles. The Labute approximate surface area is 79.3 Å². The van der Waals surface area contributed by atoms with E-state index < -0.39 is 5.82 Å². The number of pyridine rings is 1. The second-order valence-electron chi connectivity index (χ2n) is 2.92. The Morgan fingerprint density at radius 3 is 3.14 bits per heavy atom. The molecule has 0 aliphatic rings. The maximum absolute atomic E-state index is 13.1. The Balaban J connectivity index is 2.49. The average molecular weight is 193 g/mol. The lowest BCUT2D eigenvalue weighted by molar-refractivity contribution is -0.114. The van der Waals surface area contributed by atoms with Crippen molar-refractivity contribution in [2.45, 2.75) is 6.92 Å². The summed E-state index contributed by atoms with van der Waals surface area (Å²) in [5.74, 6) is -0.591.